The zero-order chi connectivity index (χ0) is 42.1. The molecule has 2 aliphatic heterocycles. The molecule has 0 radical (unpaired) electrons. The van der Waals surface area contributed by atoms with Gasteiger partial charge >= 0.3 is 5.69 Å². The minimum atomic E-state index is -0.373. The van der Waals surface area contributed by atoms with E-state index in [1.54, 1.807) is 30.3 Å². The first-order valence-corrected chi connectivity index (χ1v) is 20.1. The molecule has 8 rings (SSSR count). The Morgan fingerprint density at radius 2 is 1.68 bits per heavy atom. The number of carbonyl (C=O) groups excluding carboxylic acids is 2. The van der Waals surface area contributed by atoms with Crippen molar-refractivity contribution in [1.29, 1.82) is 0 Å². The fourth-order valence-electron chi connectivity index (χ4n) is 7.85. The van der Waals surface area contributed by atoms with Crippen LogP contribution in [-0.2, 0) is 11.3 Å². The van der Waals surface area contributed by atoms with Gasteiger partial charge < -0.3 is 35.2 Å². The zero-order valence-electron chi connectivity index (χ0n) is 34.3. The van der Waals surface area contributed by atoms with Gasteiger partial charge in [0.1, 0.15) is 17.2 Å². The Labute approximate surface area is 347 Å². The molecule has 2 aliphatic rings. The molecule has 4 heterocycles. The normalized spacial score (nSPS) is 14.2. The number of ether oxygens (including phenoxy) is 1. The summed E-state index contributed by atoms with van der Waals surface area (Å²) in [7, 11) is 3.61. The molecule has 4 aromatic carbocycles. The molecule has 308 valence electrons. The summed E-state index contributed by atoms with van der Waals surface area (Å²) in [6, 6.07) is 26.1. The Kier molecular flexibility index (Phi) is 11.0. The summed E-state index contributed by atoms with van der Waals surface area (Å²) in [4.78, 5) is 54.5. The summed E-state index contributed by atoms with van der Waals surface area (Å²) in [6.07, 6.45) is 3.06. The van der Waals surface area contributed by atoms with Gasteiger partial charge in [-0.2, -0.15) is 10.1 Å². The van der Waals surface area contributed by atoms with Crippen molar-refractivity contribution in [3.63, 3.8) is 0 Å². The first kappa shape index (κ1) is 39.7. The van der Waals surface area contributed by atoms with Crippen LogP contribution in [0.2, 0.25) is 0 Å². The van der Waals surface area contributed by atoms with E-state index in [1.165, 1.54) is 4.57 Å². The first-order chi connectivity index (χ1) is 29.0. The van der Waals surface area contributed by atoms with Gasteiger partial charge in [0.25, 0.3) is 5.91 Å². The topological polar surface area (TPSA) is 174 Å². The van der Waals surface area contributed by atoms with Crippen LogP contribution >= 0.6 is 0 Å². The van der Waals surface area contributed by atoms with Crippen LogP contribution in [0.4, 0.5) is 34.5 Å². The number of hydrogen-bond acceptors (Lipinski definition) is 11. The molecule has 0 aliphatic carbocycles. The van der Waals surface area contributed by atoms with E-state index in [1.807, 2.05) is 106 Å². The Bertz CT molecular complexity index is 2610. The van der Waals surface area contributed by atoms with Gasteiger partial charge in [0.2, 0.25) is 11.9 Å². The molecule has 15 nitrogen and oxygen atoms in total. The zero-order valence-corrected chi connectivity index (χ0v) is 34.3. The molecule has 0 bridgehead atoms. The second-order valence-electron chi connectivity index (χ2n) is 15.3. The van der Waals surface area contributed by atoms with E-state index in [0.29, 0.717) is 90.6 Å². The van der Waals surface area contributed by atoms with Crippen molar-refractivity contribution in [1.82, 2.24) is 30.0 Å². The third kappa shape index (κ3) is 7.73. The molecule has 0 spiro atoms. The van der Waals surface area contributed by atoms with Gasteiger partial charge in [0, 0.05) is 57.0 Å². The van der Waals surface area contributed by atoms with Crippen LogP contribution in [0.3, 0.4) is 0 Å². The number of carbonyl (C=O) groups is 2. The van der Waals surface area contributed by atoms with Crippen molar-refractivity contribution >= 4 is 46.3 Å². The molecular formula is C45H48N10O5. The SMILES string of the molecule is CCOc1cc(N2CCC(C(=O)NCc3ccc(-n4c(-c5ccc(O)c(C(C)C)c5)n[nH]c4=O)cc3)CC2)ccc1Nc1ncc2c(n1)N(C)c1ccccc1C(=O)N2C. The van der Waals surface area contributed by atoms with E-state index >= 15 is 0 Å². The summed E-state index contributed by atoms with van der Waals surface area (Å²) >= 11 is 0. The molecule has 2 amide bonds. The Morgan fingerprint density at radius 3 is 2.43 bits per heavy atom. The standard InChI is InChI=1S/C45H48N10O5/c1-6-60-39-24-32(16-17-35(39)48-44-47-26-37-41(49-44)52(4)36-10-8-7-9-33(36)43(58)53(37)5)54-21-19-29(20-22-54)42(57)46-25-28-11-14-31(15-12-28)55-40(50-51-45(55)59)30-13-18-38(56)34(23-30)27(2)3/h7-18,23-24,26-27,29,56H,6,19-22,25H2,1-5H3,(H,46,57)(H,51,59)(H,47,48,49). The summed E-state index contributed by atoms with van der Waals surface area (Å²) in [6.45, 7) is 8.16. The number of nitrogens with zero attached hydrogens (tertiary/aromatic N) is 7. The number of anilines is 6. The molecule has 6 aromatic rings. The molecule has 0 saturated carbocycles. The number of para-hydroxylation sites is 1. The lowest BCUT2D eigenvalue weighted by Gasteiger charge is -2.33. The number of benzene rings is 4. The van der Waals surface area contributed by atoms with Crippen LogP contribution in [0.25, 0.3) is 17.1 Å². The van der Waals surface area contributed by atoms with E-state index < -0.39 is 0 Å². The van der Waals surface area contributed by atoms with Crippen LogP contribution in [0.5, 0.6) is 11.5 Å². The summed E-state index contributed by atoms with van der Waals surface area (Å²) in [5, 5.41) is 23.5. The number of H-pyrrole nitrogens is 1. The van der Waals surface area contributed by atoms with E-state index in [4.69, 9.17) is 9.72 Å². The number of rotatable bonds is 11. The summed E-state index contributed by atoms with van der Waals surface area (Å²) in [5.74, 6) is 2.12. The fraction of sp³-hybridized carbons (Fsp3) is 0.289. The van der Waals surface area contributed by atoms with E-state index in [-0.39, 0.29) is 35.1 Å². The van der Waals surface area contributed by atoms with Crippen molar-refractivity contribution in [2.75, 3.05) is 53.8 Å². The number of aromatic nitrogens is 5. The van der Waals surface area contributed by atoms with E-state index in [0.717, 1.165) is 22.5 Å². The third-order valence-electron chi connectivity index (χ3n) is 11.2. The highest BCUT2D eigenvalue weighted by atomic mass is 16.5. The van der Waals surface area contributed by atoms with Crippen molar-refractivity contribution in [2.45, 2.75) is 46.1 Å². The molecule has 0 atom stereocenters. The lowest BCUT2D eigenvalue weighted by atomic mass is 9.95. The first-order valence-electron chi connectivity index (χ1n) is 20.1. The number of hydrogen-bond donors (Lipinski definition) is 4. The second kappa shape index (κ2) is 16.6. The number of fused-ring (bicyclic) bond motifs is 2. The van der Waals surface area contributed by atoms with Gasteiger partial charge in [0.15, 0.2) is 11.6 Å². The van der Waals surface area contributed by atoms with Crippen LogP contribution < -0.4 is 35.8 Å². The third-order valence-corrected chi connectivity index (χ3v) is 11.2. The maximum absolute atomic E-state index is 13.3. The molecule has 2 aromatic heterocycles. The van der Waals surface area contributed by atoms with Gasteiger partial charge in [0.05, 0.1) is 35.4 Å². The highest BCUT2D eigenvalue weighted by Crippen LogP contribution is 2.39. The molecule has 0 unspecified atom stereocenters. The van der Waals surface area contributed by atoms with Gasteiger partial charge in [-0.1, -0.05) is 38.1 Å². The number of aromatic amines is 1. The predicted molar refractivity (Wildman–Crippen MR) is 232 cm³/mol. The van der Waals surface area contributed by atoms with Crippen LogP contribution in [0.15, 0.2) is 95.9 Å². The average molecular weight is 809 g/mol. The van der Waals surface area contributed by atoms with Gasteiger partial charge in [-0.05, 0) is 91.4 Å². The van der Waals surface area contributed by atoms with Gasteiger partial charge in [-0.25, -0.2) is 19.4 Å². The number of phenols is 1. The lowest BCUT2D eigenvalue weighted by Crippen LogP contribution is -2.40. The number of nitrogens with one attached hydrogen (secondary N) is 3. The molecular weight excluding hydrogens is 761 g/mol. The summed E-state index contributed by atoms with van der Waals surface area (Å²) < 4.78 is 7.58. The van der Waals surface area contributed by atoms with Crippen molar-refractivity contribution in [3.8, 4) is 28.6 Å². The van der Waals surface area contributed by atoms with E-state index in [2.05, 4.69) is 30.7 Å². The van der Waals surface area contributed by atoms with Crippen LogP contribution in [-0.4, -0.2) is 75.4 Å². The Balaban J connectivity index is 0.885. The minimum Gasteiger partial charge on any atom is -0.508 e. The van der Waals surface area contributed by atoms with Crippen molar-refractivity contribution in [2.24, 2.45) is 5.92 Å². The van der Waals surface area contributed by atoms with Crippen molar-refractivity contribution in [3.05, 3.63) is 118 Å². The summed E-state index contributed by atoms with van der Waals surface area (Å²) in [5.41, 5.74) is 6.30. The highest BCUT2D eigenvalue weighted by Gasteiger charge is 2.30. The fourth-order valence-corrected chi connectivity index (χ4v) is 7.85. The minimum absolute atomic E-state index is 0.0142. The monoisotopic (exact) mass is 808 g/mol. The van der Waals surface area contributed by atoms with Gasteiger partial charge in [-0.3, -0.25) is 9.59 Å². The number of aromatic hydroxyl groups is 1. The molecule has 15 heteroatoms. The smallest absolute Gasteiger partial charge is 0.348 e. The lowest BCUT2D eigenvalue weighted by molar-refractivity contribution is -0.125. The Morgan fingerprint density at radius 1 is 0.933 bits per heavy atom. The number of amides is 2. The van der Waals surface area contributed by atoms with Crippen LogP contribution in [0.1, 0.15) is 61.0 Å². The number of phenolic OH excluding ortho intramolecular Hbond substituents is 1. The maximum Gasteiger partial charge on any atom is 0.348 e. The molecule has 1 fully saturated rings. The molecule has 4 N–H and O–H groups in total. The average Bonchev–Trinajstić information content (AvgIpc) is 3.63. The van der Waals surface area contributed by atoms with E-state index in [9.17, 15) is 19.5 Å². The Hall–Kier alpha value is -7.16. The van der Waals surface area contributed by atoms with Crippen molar-refractivity contribution < 1.29 is 19.4 Å². The van der Waals surface area contributed by atoms with Gasteiger partial charge in [-0.15, -0.1) is 0 Å². The predicted octanol–water partition coefficient (Wildman–Crippen LogP) is 6.88. The quantitative estimate of drug-likeness (QED) is 0.108. The number of piperidine rings is 1. The van der Waals surface area contributed by atoms with Crippen LogP contribution in [0, 0.1) is 5.92 Å². The largest absolute Gasteiger partial charge is 0.508 e. The highest BCUT2D eigenvalue weighted by molar-refractivity contribution is 6.13. The molecule has 60 heavy (non-hydrogen) atoms. The molecule has 1 saturated heterocycles. The second-order valence-corrected chi connectivity index (χ2v) is 15.3. The maximum atomic E-state index is 13.3.